The standard InChI is InChI=1S/C15H22F2N2/c1-11-4-2-6-13(8-11)14(19-18)9-12-5-3-7-15(16,17)10-12/h2,4,6,8,12,14,19H,3,5,7,9-10,18H2,1H3. The molecular weight excluding hydrogens is 246 g/mol. The molecule has 0 saturated heterocycles. The molecule has 0 bridgehead atoms. The molecule has 0 heterocycles. The van der Waals surface area contributed by atoms with Gasteiger partial charge in [0.2, 0.25) is 5.92 Å². The second-order valence-electron chi connectivity index (χ2n) is 5.69. The normalized spacial score (nSPS) is 24.1. The molecule has 1 saturated carbocycles. The zero-order chi connectivity index (χ0) is 13.9. The first-order valence-corrected chi connectivity index (χ1v) is 6.91. The molecule has 4 heteroatoms. The zero-order valence-electron chi connectivity index (χ0n) is 11.3. The maximum atomic E-state index is 13.4. The first-order valence-electron chi connectivity index (χ1n) is 6.91. The van der Waals surface area contributed by atoms with E-state index < -0.39 is 5.92 Å². The van der Waals surface area contributed by atoms with Gasteiger partial charge in [-0.2, -0.15) is 0 Å². The van der Waals surface area contributed by atoms with Crippen LogP contribution in [0.3, 0.4) is 0 Å². The number of aryl methyl sites for hydroxylation is 1. The fourth-order valence-corrected chi connectivity index (χ4v) is 3.00. The van der Waals surface area contributed by atoms with Crippen LogP contribution in [-0.4, -0.2) is 5.92 Å². The molecule has 0 amide bonds. The average molecular weight is 268 g/mol. The van der Waals surface area contributed by atoms with Gasteiger partial charge in [-0.05, 0) is 37.7 Å². The lowest BCUT2D eigenvalue weighted by Crippen LogP contribution is -2.33. The van der Waals surface area contributed by atoms with E-state index in [0.717, 1.165) is 17.5 Å². The molecule has 0 radical (unpaired) electrons. The van der Waals surface area contributed by atoms with Crippen molar-refractivity contribution in [2.24, 2.45) is 11.8 Å². The summed E-state index contributed by atoms with van der Waals surface area (Å²) < 4.78 is 26.8. The fraction of sp³-hybridized carbons (Fsp3) is 0.600. The predicted molar refractivity (Wildman–Crippen MR) is 72.8 cm³/mol. The number of nitrogens with one attached hydrogen (secondary N) is 1. The van der Waals surface area contributed by atoms with E-state index in [1.54, 1.807) is 0 Å². The SMILES string of the molecule is Cc1cccc(C(CC2CCCC(F)(F)C2)NN)c1. The van der Waals surface area contributed by atoms with Crippen molar-refractivity contribution < 1.29 is 8.78 Å². The van der Waals surface area contributed by atoms with Gasteiger partial charge in [0.1, 0.15) is 0 Å². The summed E-state index contributed by atoms with van der Waals surface area (Å²) in [6.07, 6.45) is 2.20. The highest BCUT2D eigenvalue weighted by molar-refractivity contribution is 5.25. The van der Waals surface area contributed by atoms with E-state index in [2.05, 4.69) is 11.5 Å². The van der Waals surface area contributed by atoms with Crippen LogP contribution in [0.4, 0.5) is 8.78 Å². The van der Waals surface area contributed by atoms with Crippen molar-refractivity contribution in [3.63, 3.8) is 0 Å². The van der Waals surface area contributed by atoms with Crippen LogP contribution in [0, 0.1) is 12.8 Å². The Morgan fingerprint density at radius 3 is 2.89 bits per heavy atom. The van der Waals surface area contributed by atoms with Gasteiger partial charge in [0.05, 0.1) is 0 Å². The highest BCUT2D eigenvalue weighted by Crippen LogP contribution is 2.40. The number of hydrazine groups is 1. The molecule has 106 valence electrons. The number of nitrogens with two attached hydrogens (primary N) is 1. The van der Waals surface area contributed by atoms with E-state index >= 15 is 0 Å². The van der Waals surface area contributed by atoms with Gasteiger partial charge in [-0.25, -0.2) is 8.78 Å². The topological polar surface area (TPSA) is 38.0 Å². The van der Waals surface area contributed by atoms with Crippen LogP contribution in [0.1, 0.15) is 49.3 Å². The number of benzene rings is 1. The lowest BCUT2D eigenvalue weighted by Gasteiger charge is -2.31. The van der Waals surface area contributed by atoms with Gasteiger partial charge in [-0.3, -0.25) is 11.3 Å². The Labute approximate surface area is 113 Å². The van der Waals surface area contributed by atoms with E-state index in [9.17, 15) is 8.78 Å². The van der Waals surface area contributed by atoms with Crippen molar-refractivity contribution in [1.29, 1.82) is 0 Å². The third-order valence-electron chi connectivity index (χ3n) is 3.96. The number of hydrogen-bond acceptors (Lipinski definition) is 2. The Balaban J connectivity index is 2.03. The molecule has 1 aromatic rings. The molecular formula is C15H22F2N2. The summed E-state index contributed by atoms with van der Waals surface area (Å²) in [7, 11) is 0. The van der Waals surface area contributed by atoms with Gasteiger partial charge in [-0.1, -0.05) is 29.8 Å². The van der Waals surface area contributed by atoms with Gasteiger partial charge in [0, 0.05) is 18.9 Å². The Bertz CT molecular complexity index is 420. The third kappa shape index (κ3) is 3.98. The van der Waals surface area contributed by atoms with Crippen molar-refractivity contribution in [3.05, 3.63) is 35.4 Å². The van der Waals surface area contributed by atoms with Gasteiger partial charge in [0.25, 0.3) is 0 Å². The van der Waals surface area contributed by atoms with Crippen LogP contribution >= 0.6 is 0 Å². The molecule has 2 atom stereocenters. The summed E-state index contributed by atoms with van der Waals surface area (Å²) in [4.78, 5) is 0. The smallest absolute Gasteiger partial charge is 0.248 e. The minimum atomic E-state index is -2.49. The average Bonchev–Trinajstić information content (AvgIpc) is 2.35. The van der Waals surface area contributed by atoms with Crippen molar-refractivity contribution in [1.82, 2.24) is 5.43 Å². The molecule has 2 rings (SSSR count). The summed E-state index contributed by atoms with van der Waals surface area (Å²) in [5.74, 6) is 3.16. The van der Waals surface area contributed by atoms with Crippen molar-refractivity contribution in [3.8, 4) is 0 Å². The molecule has 2 unspecified atom stereocenters. The minimum Gasteiger partial charge on any atom is -0.271 e. The minimum absolute atomic E-state index is 0.00298. The van der Waals surface area contributed by atoms with Crippen molar-refractivity contribution in [2.45, 2.75) is 51.0 Å². The summed E-state index contributed by atoms with van der Waals surface area (Å²) in [6, 6.07) is 8.01. The maximum absolute atomic E-state index is 13.4. The van der Waals surface area contributed by atoms with Gasteiger partial charge in [-0.15, -0.1) is 0 Å². The van der Waals surface area contributed by atoms with Crippen LogP contribution in [0.25, 0.3) is 0 Å². The first kappa shape index (κ1) is 14.4. The number of hydrogen-bond donors (Lipinski definition) is 2. The molecule has 19 heavy (non-hydrogen) atoms. The molecule has 1 fully saturated rings. The van der Waals surface area contributed by atoms with E-state index in [4.69, 9.17) is 5.84 Å². The molecule has 1 aliphatic rings. The summed E-state index contributed by atoms with van der Waals surface area (Å²) in [5, 5.41) is 0. The number of halogens is 2. The molecule has 1 aliphatic carbocycles. The summed E-state index contributed by atoms with van der Waals surface area (Å²) >= 11 is 0. The van der Waals surface area contributed by atoms with E-state index in [-0.39, 0.29) is 24.8 Å². The van der Waals surface area contributed by atoms with Crippen LogP contribution in [0.2, 0.25) is 0 Å². The highest BCUT2D eigenvalue weighted by atomic mass is 19.3. The van der Waals surface area contributed by atoms with E-state index in [1.165, 1.54) is 0 Å². The van der Waals surface area contributed by atoms with Gasteiger partial charge >= 0.3 is 0 Å². The molecule has 1 aromatic carbocycles. The third-order valence-corrected chi connectivity index (χ3v) is 3.96. The zero-order valence-corrected chi connectivity index (χ0v) is 11.3. The molecule has 0 spiro atoms. The second-order valence-corrected chi connectivity index (χ2v) is 5.69. The Hall–Kier alpha value is -1.00. The first-order chi connectivity index (χ1) is 9.00. The van der Waals surface area contributed by atoms with Crippen molar-refractivity contribution in [2.75, 3.05) is 0 Å². The van der Waals surface area contributed by atoms with E-state index in [1.807, 2.05) is 25.1 Å². The van der Waals surface area contributed by atoms with Crippen LogP contribution in [-0.2, 0) is 0 Å². The predicted octanol–water partition coefficient (Wildman–Crippen LogP) is 3.72. The van der Waals surface area contributed by atoms with Crippen LogP contribution < -0.4 is 11.3 Å². The fourth-order valence-electron chi connectivity index (χ4n) is 3.00. The lowest BCUT2D eigenvalue weighted by atomic mass is 9.81. The van der Waals surface area contributed by atoms with Crippen molar-refractivity contribution >= 4 is 0 Å². The molecule has 0 aromatic heterocycles. The van der Waals surface area contributed by atoms with Crippen LogP contribution in [0.5, 0.6) is 0 Å². The quantitative estimate of drug-likeness (QED) is 0.645. The van der Waals surface area contributed by atoms with Gasteiger partial charge in [0.15, 0.2) is 0 Å². The maximum Gasteiger partial charge on any atom is 0.248 e. The highest BCUT2D eigenvalue weighted by Gasteiger charge is 2.36. The van der Waals surface area contributed by atoms with E-state index in [0.29, 0.717) is 12.8 Å². The van der Waals surface area contributed by atoms with Gasteiger partial charge < -0.3 is 0 Å². The Kier molecular flexibility index (Phi) is 4.53. The molecule has 2 nitrogen and oxygen atoms in total. The summed E-state index contributed by atoms with van der Waals surface area (Å²) in [5.41, 5.74) is 5.01. The molecule has 3 N–H and O–H groups in total. The monoisotopic (exact) mass is 268 g/mol. The second kappa shape index (κ2) is 5.97. The largest absolute Gasteiger partial charge is 0.271 e. The summed E-state index contributed by atoms with van der Waals surface area (Å²) in [6.45, 7) is 2.02. The molecule has 0 aliphatic heterocycles. The number of alkyl halides is 2. The Morgan fingerprint density at radius 2 is 2.26 bits per heavy atom. The van der Waals surface area contributed by atoms with Crippen LogP contribution in [0.15, 0.2) is 24.3 Å². The number of rotatable bonds is 4. The Morgan fingerprint density at radius 1 is 1.47 bits per heavy atom. The lowest BCUT2D eigenvalue weighted by molar-refractivity contribution is -0.0548.